The van der Waals surface area contributed by atoms with Gasteiger partial charge < -0.3 is 9.80 Å². The van der Waals surface area contributed by atoms with Crippen LogP contribution in [0.4, 0.5) is 0 Å². The average Bonchev–Trinajstić information content (AvgIpc) is 2.94. The highest BCUT2D eigenvalue weighted by atomic mass is 32.1. The van der Waals surface area contributed by atoms with Gasteiger partial charge in [-0.3, -0.25) is 9.59 Å². The lowest BCUT2D eigenvalue weighted by molar-refractivity contribution is -0.144. The summed E-state index contributed by atoms with van der Waals surface area (Å²) < 4.78 is 0. The number of nitrogens with zero attached hydrogens (tertiary/aromatic N) is 2. The number of carbonyl (C=O) groups is 2. The first-order chi connectivity index (χ1) is 10.6. The fourth-order valence-electron chi connectivity index (χ4n) is 4.48. The van der Waals surface area contributed by atoms with Gasteiger partial charge in [0.1, 0.15) is 0 Å². The van der Waals surface area contributed by atoms with E-state index in [4.69, 9.17) is 0 Å². The Kier molecular flexibility index (Phi) is 3.48. The maximum absolute atomic E-state index is 12.7. The molecule has 4 heterocycles. The Hall–Kier alpha value is -1.36. The van der Waals surface area contributed by atoms with Gasteiger partial charge in [0, 0.05) is 37.0 Å². The maximum Gasteiger partial charge on any atom is 0.263 e. The molecule has 4 rings (SSSR count). The summed E-state index contributed by atoms with van der Waals surface area (Å²) in [5, 5.41) is 0. The van der Waals surface area contributed by atoms with Gasteiger partial charge in [0.25, 0.3) is 5.91 Å². The van der Waals surface area contributed by atoms with Gasteiger partial charge in [-0.25, -0.2) is 0 Å². The zero-order valence-corrected chi connectivity index (χ0v) is 13.8. The molecule has 3 saturated heterocycles. The normalized spacial score (nSPS) is 31.1. The van der Waals surface area contributed by atoms with Crippen LogP contribution < -0.4 is 0 Å². The van der Waals surface area contributed by atoms with Crippen molar-refractivity contribution in [2.24, 2.45) is 11.8 Å². The third-order valence-corrected chi connectivity index (χ3v) is 6.41. The third kappa shape index (κ3) is 2.35. The van der Waals surface area contributed by atoms with E-state index < -0.39 is 0 Å². The van der Waals surface area contributed by atoms with E-state index in [0.29, 0.717) is 30.2 Å². The van der Waals surface area contributed by atoms with Crippen LogP contribution in [0.3, 0.4) is 0 Å². The Labute approximate surface area is 135 Å². The van der Waals surface area contributed by atoms with Gasteiger partial charge >= 0.3 is 0 Å². The van der Waals surface area contributed by atoms with E-state index >= 15 is 0 Å². The van der Waals surface area contributed by atoms with Gasteiger partial charge in [-0.1, -0.05) is 0 Å². The zero-order chi connectivity index (χ0) is 15.3. The standard InChI is InChI=1S/C17H22N2O2S/c1-11-5-6-15(22-11)17(21)18-8-12-7-13(10-18)14-3-2-4-16(20)19(14)9-12/h5-6,12-14H,2-4,7-10H2,1H3/t12?,13?,14-/m1/s1. The van der Waals surface area contributed by atoms with Crippen molar-refractivity contribution in [3.8, 4) is 0 Å². The molecule has 4 nitrogen and oxygen atoms in total. The minimum absolute atomic E-state index is 0.184. The Bertz CT molecular complexity index is 612. The average molecular weight is 318 g/mol. The topological polar surface area (TPSA) is 40.6 Å². The van der Waals surface area contributed by atoms with E-state index in [9.17, 15) is 9.59 Å². The van der Waals surface area contributed by atoms with Crippen molar-refractivity contribution in [3.63, 3.8) is 0 Å². The highest BCUT2D eigenvalue weighted by Crippen LogP contribution is 2.38. The number of thiophene rings is 1. The lowest BCUT2D eigenvalue weighted by Gasteiger charge is -2.52. The number of amides is 2. The number of piperidine rings is 3. The van der Waals surface area contributed by atoms with E-state index in [-0.39, 0.29) is 5.91 Å². The van der Waals surface area contributed by atoms with Crippen LogP contribution in [0.1, 0.15) is 40.2 Å². The number of fused-ring (bicyclic) bond motifs is 4. The molecule has 0 aliphatic carbocycles. The molecule has 1 aromatic heterocycles. The lowest BCUT2D eigenvalue weighted by atomic mass is 9.76. The van der Waals surface area contributed by atoms with Gasteiger partial charge in [-0.15, -0.1) is 11.3 Å². The van der Waals surface area contributed by atoms with Gasteiger partial charge in [-0.05, 0) is 50.2 Å². The van der Waals surface area contributed by atoms with Crippen LogP contribution in [0, 0.1) is 18.8 Å². The molecule has 0 radical (unpaired) electrons. The minimum Gasteiger partial charge on any atom is -0.339 e. The molecule has 3 fully saturated rings. The summed E-state index contributed by atoms with van der Waals surface area (Å²) in [6.45, 7) is 4.52. The summed E-state index contributed by atoms with van der Waals surface area (Å²) in [6, 6.07) is 4.34. The summed E-state index contributed by atoms with van der Waals surface area (Å²) in [5.74, 6) is 1.45. The molecule has 5 heteroatoms. The molecule has 0 spiro atoms. The van der Waals surface area contributed by atoms with Crippen LogP contribution in [0.2, 0.25) is 0 Å². The van der Waals surface area contributed by atoms with Crippen molar-refractivity contribution < 1.29 is 9.59 Å². The van der Waals surface area contributed by atoms with Gasteiger partial charge in [0.05, 0.1) is 4.88 Å². The molecule has 0 saturated carbocycles. The summed E-state index contributed by atoms with van der Waals surface area (Å²) in [4.78, 5) is 31.1. The van der Waals surface area contributed by atoms with Crippen molar-refractivity contribution in [2.75, 3.05) is 19.6 Å². The molecule has 3 aliphatic heterocycles. The van der Waals surface area contributed by atoms with Crippen molar-refractivity contribution in [1.29, 1.82) is 0 Å². The molecular weight excluding hydrogens is 296 g/mol. The van der Waals surface area contributed by atoms with Crippen molar-refractivity contribution in [3.05, 3.63) is 21.9 Å². The van der Waals surface area contributed by atoms with Crippen LogP contribution in [0.5, 0.6) is 0 Å². The zero-order valence-electron chi connectivity index (χ0n) is 13.0. The smallest absolute Gasteiger partial charge is 0.263 e. The highest BCUT2D eigenvalue weighted by molar-refractivity contribution is 7.13. The molecule has 1 aromatic rings. The van der Waals surface area contributed by atoms with Crippen LogP contribution >= 0.6 is 11.3 Å². The molecular formula is C17H22N2O2S. The maximum atomic E-state index is 12.7. The Morgan fingerprint density at radius 1 is 1.27 bits per heavy atom. The second kappa shape index (κ2) is 5.37. The van der Waals surface area contributed by atoms with Crippen LogP contribution in [-0.4, -0.2) is 47.3 Å². The fourth-order valence-corrected chi connectivity index (χ4v) is 5.32. The van der Waals surface area contributed by atoms with E-state index in [2.05, 4.69) is 4.90 Å². The molecule has 2 amide bonds. The number of rotatable bonds is 1. The Balaban J connectivity index is 1.53. The summed E-state index contributed by atoms with van der Waals surface area (Å²) in [6.07, 6.45) is 4.03. The predicted octanol–water partition coefficient (Wildman–Crippen LogP) is 2.53. The predicted molar refractivity (Wildman–Crippen MR) is 85.9 cm³/mol. The molecule has 3 aliphatic rings. The van der Waals surface area contributed by atoms with E-state index in [0.717, 1.165) is 37.4 Å². The van der Waals surface area contributed by atoms with Gasteiger partial charge in [-0.2, -0.15) is 0 Å². The molecule has 3 atom stereocenters. The highest BCUT2D eigenvalue weighted by Gasteiger charge is 2.44. The van der Waals surface area contributed by atoms with E-state index in [1.165, 1.54) is 11.3 Å². The Morgan fingerprint density at radius 3 is 2.91 bits per heavy atom. The van der Waals surface area contributed by atoms with Crippen molar-refractivity contribution in [2.45, 2.75) is 38.6 Å². The molecule has 0 aromatic carbocycles. The van der Waals surface area contributed by atoms with Crippen molar-refractivity contribution >= 4 is 23.2 Å². The minimum atomic E-state index is 0.184. The summed E-state index contributed by atoms with van der Waals surface area (Å²) in [7, 11) is 0. The van der Waals surface area contributed by atoms with Crippen molar-refractivity contribution in [1.82, 2.24) is 9.80 Å². The monoisotopic (exact) mass is 318 g/mol. The number of likely N-dealkylation sites (tertiary alicyclic amines) is 1. The Morgan fingerprint density at radius 2 is 2.14 bits per heavy atom. The first-order valence-corrected chi connectivity index (χ1v) is 9.08. The number of aryl methyl sites for hydroxylation is 1. The number of carbonyl (C=O) groups excluding carboxylic acids is 2. The lowest BCUT2D eigenvalue weighted by Crippen LogP contribution is -2.61. The second-order valence-electron chi connectivity index (χ2n) is 6.99. The van der Waals surface area contributed by atoms with Crippen LogP contribution in [0.15, 0.2) is 12.1 Å². The largest absolute Gasteiger partial charge is 0.339 e. The first kappa shape index (κ1) is 14.2. The molecule has 0 N–H and O–H groups in total. The molecule has 22 heavy (non-hydrogen) atoms. The van der Waals surface area contributed by atoms with Crippen LogP contribution in [0.25, 0.3) is 0 Å². The fraction of sp³-hybridized carbons (Fsp3) is 0.647. The first-order valence-electron chi connectivity index (χ1n) is 8.27. The SMILES string of the molecule is Cc1ccc(C(=O)N2CC3CC(C2)[C@H]2CCCC(=O)N2C3)s1. The summed E-state index contributed by atoms with van der Waals surface area (Å²) in [5.41, 5.74) is 0. The van der Waals surface area contributed by atoms with Crippen LogP contribution in [-0.2, 0) is 4.79 Å². The molecule has 2 unspecified atom stereocenters. The number of hydrogen-bond acceptors (Lipinski definition) is 3. The third-order valence-electron chi connectivity index (χ3n) is 5.42. The van der Waals surface area contributed by atoms with E-state index in [1.54, 1.807) is 11.3 Å². The molecule has 2 bridgehead atoms. The number of hydrogen-bond donors (Lipinski definition) is 0. The van der Waals surface area contributed by atoms with Gasteiger partial charge in [0.2, 0.25) is 5.91 Å². The van der Waals surface area contributed by atoms with Gasteiger partial charge in [0.15, 0.2) is 0 Å². The second-order valence-corrected chi connectivity index (χ2v) is 8.28. The summed E-state index contributed by atoms with van der Waals surface area (Å²) >= 11 is 1.58. The van der Waals surface area contributed by atoms with E-state index in [1.807, 2.05) is 24.0 Å². The quantitative estimate of drug-likeness (QED) is 0.798. The molecule has 118 valence electrons.